The lowest BCUT2D eigenvalue weighted by Gasteiger charge is -2.32. The zero-order valence-electron chi connectivity index (χ0n) is 15.0. The number of methoxy groups -OCH3 is 1. The van der Waals surface area contributed by atoms with Crippen LogP contribution < -0.4 is 5.32 Å². The van der Waals surface area contributed by atoms with E-state index in [2.05, 4.69) is 22.1 Å². The van der Waals surface area contributed by atoms with E-state index >= 15 is 0 Å². The van der Waals surface area contributed by atoms with Crippen molar-refractivity contribution in [3.05, 3.63) is 29.5 Å². The number of carbonyl (C=O) groups excluding carboxylic acids is 2. The van der Waals surface area contributed by atoms with Crippen LogP contribution >= 0.6 is 0 Å². The summed E-state index contributed by atoms with van der Waals surface area (Å²) < 4.78 is 4.85. The maximum atomic E-state index is 12.6. The number of aromatic amines is 1. The predicted molar refractivity (Wildman–Crippen MR) is 97.9 cm³/mol. The van der Waals surface area contributed by atoms with Crippen molar-refractivity contribution in [1.29, 1.82) is 0 Å². The number of nitrogens with zero attached hydrogens (tertiary/aromatic N) is 1. The molecule has 2 aromatic rings. The topological polar surface area (TPSA) is 74.4 Å². The molecule has 1 atom stereocenters. The third kappa shape index (κ3) is 3.69. The minimum Gasteiger partial charge on any atom is -0.464 e. The SMILES string of the molecule is COC(=O)c1[nH]c2cc(C)ccc2c1NC(=O)CN1CCCCC1C. The van der Waals surface area contributed by atoms with Gasteiger partial charge >= 0.3 is 5.97 Å². The number of H-pyrrole nitrogens is 1. The molecule has 2 N–H and O–H groups in total. The quantitative estimate of drug-likeness (QED) is 0.837. The Bertz CT molecular complexity index is 797. The lowest BCUT2D eigenvalue weighted by Crippen LogP contribution is -2.42. The number of likely N-dealkylation sites (tertiary alicyclic amines) is 1. The number of aryl methyl sites for hydroxylation is 1. The molecule has 0 aliphatic carbocycles. The van der Waals surface area contributed by atoms with Gasteiger partial charge in [-0.15, -0.1) is 0 Å². The van der Waals surface area contributed by atoms with Crippen molar-refractivity contribution < 1.29 is 14.3 Å². The highest BCUT2D eigenvalue weighted by Gasteiger charge is 2.24. The van der Waals surface area contributed by atoms with Gasteiger partial charge in [0.1, 0.15) is 5.69 Å². The Morgan fingerprint density at radius 2 is 2.16 bits per heavy atom. The first-order chi connectivity index (χ1) is 12.0. The second-order valence-electron chi connectivity index (χ2n) is 6.78. The standard InChI is InChI=1S/C19H25N3O3/c1-12-7-8-14-15(10-12)20-18(19(24)25-3)17(14)21-16(23)11-22-9-5-4-6-13(22)2/h7-8,10,13,20H,4-6,9,11H2,1-3H3,(H,21,23). The fourth-order valence-electron chi connectivity index (χ4n) is 3.45. The summed E-state index contributed by atoms with van der Waals surface area (Å²) in [5, 5.41) is 3.73. The summed E-state index contributed by atoms with van der Waals surface area (Å²) in [4.78, 5) is 29.9. The predicted octanol–water partition coefficient (Wildman–Crippen LogP) is 3.08. The van der Waals surface area contributed by atoms with E-state index in [9.17, 15) is 9.59 Å². The average molecular weight is 343 g/mol. The molecule has 1 aromatic heterocycles. The van der Waals surface area contributed by atoms with E-state index in [1.54, 1.807) is 0 Å². The minimum atomic E-state index is -0.490. The monoisotopic (exact) mass is 343 g/mol. The Kier molecular flexibility index (Phi) is 5.08. The first kappa shape index (κ1) is 17.5. The number of anilines is 1. The number of hydrogen-bond acceptors (Lipinski definition) is 4. The fourth-order valence-corrected chi connectivity index (χ4v) is 3.45. The molecule has 6 nitrogen and oxygen atoms in total. The van der Waals surface area contributed by atoms with Crippen LogP contribution in [0.4, 0.5) is 5.69 Å². The second-order valence-corrected chi connectivity index (χ2v) is 6.78. The lowest BCUT2D eigenvalue weighted by molar-refractivity contribution is -0.118. The Balaban J connectivity index is 1.86. The number of benzene rings is 1. The fraction of sp³-hybridized carbons (Fsp3) is 0.474. The molecule has 3 rings (SSSR count). The van der Waals surface area contributed by atoms with Crippen LogP contribution in [0.2, 0.25) is 0 Å². The zero-order valence-corrected chi connectivity index (χ0v) is 15.0. The first-order valence-electron chi connectivity index (χ1n) is 8.74. The minimum absolute atomic E-state index is 0.111. The zero-order chi connectivity index (χ0) is 18.0. The van der Waals surface area contributed by atoms with Gasteiger partial charge in [0.25, 0.3) is 0 Å². The van der Waals surface area contributed by atoms with E-state index < -0.39 is 5.97 Å². The number of carbonyl (C=O) groups is 2. The molecule has 134 valence electrons. The van der Waals surface area contributed by atoms with Crippen molar-refractivity contribution in [2.75, 3.05) is 25.5 Å². The van der Waals surface area contributed by atoms with Crippen molar-refractivity contribution in [2.45, 2.75) is 39.2 Å². The number of nitrogens with one attached hydrogen (secondary N) is 2. The Labute approximate surface area is 147 Å². The van der Waals surface area contributed by atoms with Crippen LogP contribution in [0.5, 0.6) is 0 Å². The van der Waals surface area contributed by atoms with Gasteiger partial charge in [0.2, 0.25) is 5.91 Å². The van der Waals surface area contributed by atoms with Gasteiger partial charge in [-0.25, -0.2) is 4.79 Å². The Morgan fingerprint density at radius 3 is 2.88 bits per heavy atom. The Morgan fingerprint density at radius 1 is 1.36 bits per heavy atom. The third-order valence-corrected chi connectivity index (χ3v) is 4.90. The highest BCUT2D eigenvalue weighted by atomic mass is 16.5. The van der Waals surface area contributed by atoms with Gasteiger partial charge < -0.3 is 15.0 Å². The van der Waals surface area contributed by atoms with Crippen molar-refractivity contribution >= 4 is 28.5 Å². The van der Waals surface area contributed by atoms with Gasteiger partial charge in [0, 0.05) is 16.9 Å². The number of ether oxygens (including phenoxy) is 1. The largest absolute Gasteiger partial charge is 0.464 e. The number of esters is 1. The molecule has 1 aliphatic heterocycles. The van der Waals surface area contributed by atoms with Crippen LogP contribution in [0.3, 0.4) is 0 Å². The summed E-state index contributed by atoms with van der Waals surface area (Å²) in [6, 6.07) is 6.22. The van der Waals surface area contributed by atoms with Crippen molar-refractivity contribution in [3.8, 4) is 0 Å². The van der Waals surface area contributed by atoms with Gasteiger partial charge in [-0.1, -0.05) is 18.6 Å². The van der Waals surface area contributed by atoms with E-state index in [0.29, 0.717) is 18.3 Å². The van der Waals surface area contributed by atoms with Crippen LogP contribution in [0.15, 0.2) is 18.2 Å². The average Bonchev–Trinajstić information content (AvgIpc) is 2.93. The highest BCUT2D eigenvalue weighted by Crippen LogP contribution is 2.29. The molecule has 2 heterocycles. The second kappa shape index (κ2) is 7.27. The van der Waals surface area contributed by atoms with Gasteiger partial charge in [-0.3, -0.25) is 9.69 Å². The molecule has 1 saturated heterocycles. The van der Waals surface area contributed by atoms with E-state index in [-0.39, 0.29) is 11.6 Å². The first-order valence-corrected chi connectivity index (χ1v) is 8.74. The molecular formula is C19H25N3O3. The van der Waals surface area contributed by atoms with Crippen LogP contribution in [-0.2, 0) is 9.53 Å². The molecule has 0 spiro atoms. The molecule has 0 radical (unpaired) electrons. The number of aromatic nitrogens is 1. The van der Waals surface area contributed by atoms with Gasteiger partial charge in [0.05, 0.1) is 19.3 Å². The molecule has 1 fully saturated rings. The van der Waals surface area contributed by atoms with Crippen molar-refractivity contribution in [1.82, 2.24) is 9.88 Å². The molecule has 0 saturated carbocycles. The van der Waals surface area contributed by atoms with E-state index in [1.165, 1.54) is 13.5 Å². The van der Waals surface area contributed by atoms with Crippen molar-refractivity contribution in [3.63, 3.8) is 0 Å². The smallest absolute Gasteiger partial charge is 0.356 e. The Hall–Kier alpha value is -2.34. The molecule has 1 aromatic carbocycles. The van der Waals surface area contributed by atoms with Crippen molar-refractivity contribution in [2.24, 2.45) is 0 Å². The summed E-state index contributed by atoms with van der Waals surface area (Å²) in [5.74, 6) is -0.601. The number of amides is 1. The number of fused-ring (bicyclic) bond motifs is 1. The van der Waals surface area contributed by atoms with Gasteiger partial charge in [-0.2, -0.15) is 0 Å². The molecule has 1 amide bonds. The van der Waals surface area contributed by atoms with Gasteiger partial charge in [-0.05, 0) is 44.9 Å². The molecule has 6 heteroatoms. The molecular weight excluding hydrogens is 318 g/mol. The lowest BCUT2D eigenvalue weighted by atomic mass is 10.0. The van der Waals surface area contributed by atoms with Crippen LogP contribution in [0, 0.1) is 6.92 Å². The highest BCUT2D eigenvalue weighted by molar-refractivity contribution is 6.11. The van der Waals surface area contributed by atoms with Crippen LogP contribution in [0.25, 0.3) is 10.9 Å². The van der Waals surface area contributed by atoms with E-state index in [1.807, 2.05) is 25.1 Å². The number of hydrogen-bond donors (Lipinski definition) is 2. The third-order valence-electron chi connectivity index (χ3n) is 4.90. The van der Waals surface area contributed by atoms with Gasteiger partial charge in [0.15, 0.2) is 0 Å². The number of piperidine rings is 1. The summed E-state index contributed by atoms with van der Waals surface area (Å²) >= 11 is 0. The molecule has 25 heavy (non-hydrogen) atoms. The van der Waals surface area contributed by atoms with Crippen LogP contribution in [-0.4, -0.2) is 48.0 Å². The molecule has 1 unspecified atom stereocenters. The van der Waals surface area contributed by atoms with E-state index in [0.717, 1.165) is 35.9 Å². The summed E-state index contributed by atoms with van der Waals surface area (Å²) in [6.07, 6.45) is 3.46. The molecule has 0 bridgehead atoms. The van der Waals surface area contributed by atoms with E-state index in [4.69, 9.17) is 4.74 Å². The summed E-state index contributed by atoms with van der Waals surface area (Å²) in [5.41, 5.74) is 2.66. The summed E-state index contributed by atoms with van der Waals surface area (Å²) in [7, 11) is 1.33. The van der Waals surface area contributed by atoms with Crippen LogP contribution in [0.1, 0.15) is 42.2 Å². The maximum Gasteiger partial charge on any atom is 0.356 e. The maximum absolute atomic E-state index is 12.6. The molecule has 1 aliphatic rings. The number of rotatable bonds is 4. The summed E-state index contributed by atoms with van der Waals surface area (Å²) in [6.45, 7) is 5.40. The normalized spacial score (nSPS) is 18.3.